The molecule has 10 nitrogen and oxygen atoms in total. The summed E-state index contributed by atoms with van der Waals surface area (Å²) in [5, 5.41) is 6.42. The van der Waals surface area contributed by atoms with Crippen molar-refractivity contribution in [1.29, 1.82) is 0 Å². The van der Waals surface area contributed by atoms with Crippen LogP contribution in [0.25, 0.3) is 10.2 Å². The van der Waals surface area contributed by atoms with Gasteiger partial charge in [-0.05, 0) is 37.5 Å². The minimum absolute atomic E-state index is 0.0172. The Morgan fingerprint density at radius 2 is 1.92 bits per heavy atom. The highest BCUT2D eigenvalue weighted by Crippen LogP contribution is 2.43. The van der Waals surface area contributed by atoms with Crippen LogP contribution in [0.1, 0.15) is 51.4 Å². The Balaban J connectivity index is 1.38. The highest BCUT2D eigenvalue weighted by atomic mass is 32.1. The van der Waals surface area contributed by atoms with Crippen molar-refractivity contribution in [2.75, 3.05) is 18.4 Å². The number of hydrogen-bond acceptors (Lipinski definition) is 8. The molecule has 1 spiro atoms. The summed E-state index contributed by atoms with van der Waals surface area (Å²) in [6, 6.07) is 3.22. The number of amides is 2. The first kappa shape index (κ1) is 23.0. The second kappa shape index (κ2) is 7.77. The molecule has 2 aliphatic heterocycles. The molecule has 2 fully saturated rings. The molecule has 3 aliphatic rings. The summed E-state index contributed by atoms with van der Waals surface area (Å²) < 4.78 is 29.1. The third-order valence-electron chi connectivity index (χ3n) is 7.18. The van der Waals surface area contributed by atoms with E-state index in [9.17, 15) is 23.2 Å². The number of nitrogens with two attached hydrogens (primary N) is 1. The predicted octanol–water partition coefficient (Wildman–Crippen LogP) is 2.29. The first-order chi connectivity index (χ1) is 17.1. The number of fused-ring (bicyclic) bond motifs is 3. The molecule has 0 aromatic carbocycles. The summed E-state index contributed by atoms with van der Waals surface area (Å²) in [5.41, 5.74) is 4.96. The molecule has 0 bridgehead atoms. The fourth-order valence-electron chi connectivity index (χ4n) is 5.25. The zero-order chi connectivity index (χ0) is 25.4. The molecule has 13 heteroatoms. The molecule has 2 amide bonds. The van der Waals surface area contributed by atoms with Gasteiger partial charge in [-0.2, -0.15) is 0 Å². The Morgan fingerprint density at radius 3 is 2.61 bits per heavy atom. The number of pyridine rings is 1. The van der Waals surface area contributed by atoms with E-state index in [0.29, 0.717) is 39.6 Å². The van der Waals surface area contributed by atoms with Gasteiger partial charge in [0.25, 0.3) is 17.4 Å². The van der Waals surface area contributed by atoms with Gasteiger partial charge in [0.05, 0.1) is 10.3 Å². The molecule has 1 saturated heterocycles. The van der Waals surface area contributed by atoms with Gasteiger partial charge in [0.1, 0.15) is 34.0 Å². The van der Waals surface area contributed by atoms with Crippen molar-refractivity contribution in [3.05, 3.63) is 44.9 Å². The summed E-state index contributed by atoms with van der Waals surface area (Å²) in [6.07, 6.45) is 0.402. The largest absolute Gasteiger partial charge is 0.335 e. The monoisotopic (exact) mass is 515 g/mol. The highest BCUT2D eigenvalue weighted by Gasteiger charge is 2.51. The maximum Gasteiger partial charge on any atom is 0.276 e. The van der Waals surface area contributed by atoms with Crippen molar-refractivity contribution in [2.24, 2.45) is 5.73 Å². The number of hydrogen-bond donors (Lipinski definition) is 3. The van der Waals surface area contributed by atoms with Crippen molar-refractivity contribution in [3.8, 4) is 0 Å². The molecule has 5 heterocycles. The molecule has 0 atom stereocenters. The van der Waals surface area contributed by atoms with Crippen molar-refractivity contribution < 1.29 is 18.4 Å². The summed E-state index contributed by atoms with van der Waals surface area (Å²) >= 11 is 1.22. The van der Waals surface area contributed by atoms with Crippen LogP contribution in [0.15, 0.2) is 23.3 Å². The van der Waals surface area contributed by atoms with Gasteiger partial charge in [-0.1, -0.05) is 0 Å². The molecule has 188 valence electrons. The lowest BCUT2D eigenvalue weighted by molar-refractivity contribution is -0.0667. The molecule has 0 unspecified atom stereocenters. The van der Waals surface area contributed by atoms with Gasteiger partial charge in [-0.15, -0.1) is 11.3 Å². The molecule has 6 rings (SSSR count). The van der Waals surface area contributed by atoms with E-state index in [1.807, 2.05) is 0 Å². The minimum Gasteiger partial charge on any atom is -0.335 e. The second-order valence-corrected chi connectivity index (χ2v) is 10.7. The number of rotatable bonds is 3. The second-order valence-electron chi connectivity index (χ2n) is 9.72. The normalized spacial score (nSPS) is 20.3. The Kier molecular flexibility index (Phi) is 4.96. The summed E-state index contributed by atoms with van der Waals surface area (Å²) in [6.45, 7) is 2.69. The Hall–Kier alpha value is -3.45. The van der Waals surface area contributed by atoms with Crippen LogP contribution in [0.4, 0.5) is 20.3 Å². The Bertz CT molecular complexity index is 1480. The van der Waals surface area contributed by atoms with Gasteiger partial charge >= 0.3 is 0 Å². The average Bonchev–Trinajstić information content (AvgIpc) is 3.37. The standard InChI is InChI=1S/C23H23F2N7O3S/c1-11-6-14(20(34)32-16(11)18(33)30-23(32)4-2-22(24,25)3-5-23)29-17-13-7-15(36-19(13)28-10-27-17)21(35)31-8-12(26)9-31/h6-7,10,12H,2-5,8-9,26H2,1H3,(H,30,33)(H,27,28,29). The number of carbonyl (C=O) groups is 2. The molecule has 36 heavy (non-hydrogen) atoms. The summed E-state index contributed by atoms with van der Waals surface area (Å²) in [5.74, 6) is -3.08. The van der Waals surface area contributed by atoms with Crippen LogP contribution in [0.3, 0.4) is 0 Å². The van der Waals surface area contributed by atoms with E-state index in [-0.39, 0.29) is 36.2 Å². The third-order valence-corrected chi connectivity index (χ3v) is 8.21. The third kappa shape index (κ3) is 3.48. The van der Waals surface area contributed by atoms with Crippen molar-refractivity contribution in [1.82, 2.24) is 24.8 Å². The molecule has 3 aromatic heterocycles. The van der Waals surface area contributed by atoms with E-state index in [2.05, 4.69) is 20.6 Å². The van der Waals surface area contributed by atoms with E-state index < -0.39 is 35.9 Å². The van der Waals surface area contributed by atoms with Gasteiger partial charge in [0.15, 0.2) is 0 Å². The van der Waals surface area contributed by atoms with E-state index in [1.165, 1.54) is 22.2 Å². The number of nitrogens with zero attached hydrogens (tertiary/aromatic N) is 4. The molecule has 1 saturated carbocycles. The van der Waals surface area contributed by atoms with E-state index in [1.54, 1.807) is 24.0 Å². The number of carbonyl (C=O) groups excluding carboxylic acids is 2. The Labute approximate surface area is 207 Å². The van der Waals surface area contributed by atoms with Crippen LogP contribution in [-0.4, -0.2) is 56.3 Å². The fourth-order valence-corrected chi connectivity index (χ4v) is 6.22. The van der Waals surface area contributed by atoms with Crippen LogP contribution in [0.5, 0.6) is 0 Å². The lowest BCUT2D eigenvalue weighted by atomic mass is 9.86. The van der Waals surface area contributed by atoms with Crippen LogP contribution < -0.4 is 21.9 Å². The van der Waals surface area contributed by atoms with Crippen LogP contribution in [0.2, 0.25) is 0 Å². The van der Waals surface area contributed by atoms with Crippen LogP contribution in [-0.2, 0) is 5.66 Å². The number of aryl methyl sites for hydroxylation is 1. The van der Waals surface area contributed by atoms with Crippen molar-refractivity contribution in [3.63, 3.8) is 0 Å². The lowest BCUT2D eigenvalue weighted by Gasteiger charge is -2.38. The minimum atomic E-state index is -2.82. The number of nitrogens with one attached hydrogen (secondary N) is 2. The number of thiophene rings is 1. The van der Waals surface area contributed by atoms with Crippen molar-refractivity contribution in [2.45, 2.75) is 50.2 Å². The van der Waals surface area contributed by atoms with Gasteiger partial charge < -0.3 is 21.3 Å². The van der Waals surface area contributed by atoms with Crippen molar-refractivity contribution >= 4 is 44.9 Å². The lowest BCUT2D eigenvalue weighted by Crippen LogP contribution is -2.57. The average molecular weight is 516 g/mol. The molecular weight excluding hydrogens is 492 g/mol. The van der Waals surface area contributed by atoms with Gasteiger partial charge in [-0.25, -0.2) is 18.7 Å². The topological polar surface area (TPSA) is 135 Å². The quantitative estimate of drug-likeness (QED) is 0.487. The van der Waals surface area contributed by atoms with E-state index in [0.717, 1.165) is 0 Å². The van der Waals surface area contributed by atoms with E-state index >= 15 is 0 Å². The molecule has 3 aromatic rings. The number of halogens is 2. The van der Waals surface area contributed by atoms with Crippen LogP contribution >= 0.6 is 11.3 Å². The first-order valence-corrected chi connectivity index (χ1v) is 12.4. The van der Waals surface area contributed by atoms with Gasteiger partial charge in [-0.3, -0.25) is 19.0 Å². The molecular formula is C23H23F2N7O3S. The highest BCUT2D eigenvalue weighted by molar-refractivity contribution is 7.20. The molecule has 4 N–H and O–H groups in total. The smallest absolute Gasteiger partial charge is 0.276 e. The zero-order valence-corrected chi connectivity index (χ0v) is 20.1. The molecule has 0 radical (unpaired) electrons. The summed E-state index contributed by atoms with van der Waals surface area (Å²) in [7, 11) is 0. The molecule has 1 aliphatic carbocycles. The number of likely N-dealkylation sites (tertiary alicyclic amines) is 1. The summed E-state index contributed by atoms with van der Waals surface area (Å²) in [4.78, 5) is 50.4. The van der Waals surface area contributed by atoms with Gasteiger partial charge in [0.2, 0.25) is 5.92 Å². The SMILES string of the molecule is Cc1cc(Nc2ncnc3sc(C(=O)N4CC(N)C4)cc23)c(=O)n2c1C(=O)NC21CCC(F)(F)CC1. The maximum absolute atomic E-state index is 13.9. The van der Waals surface area contributed by atoms with E-state index in [4.69, 9.17) is 5.73 Å². The van der Waals surface area contributed by atoms with Crippen LogP contribution in [0, 0.1) is 6.92 Å². The fraction of sp³-hybridized carbons (Fsp3) is 0.435. The number of anilines is 2. The number of aromatic nitrogens is 3. The Morgan fingerprint density at radius 1 is 1.19 bits per heavy atom. The number of alkyl halides is 2. The zero-order valence-electron chi connectivity index (χ0n) is 19.3. The maximum atomic E-state index is 13.9. The van der Waals surface area contributed by atoms with Gasteiger partial charge in [0, 0.05) is 32.0 Å². The first-order valence-electron chi connectivity index (χ1n) is 11.6. The predicted molar refractivity (Wildman–Crippen MR) is 129 cm³/mol.